The molecule has 6 nitrogen and oxygen atoms in total. The third-order valence-electron chi connectivity index (χ3n) is 4.57. The first-order valence-corrected chi connectivity index (χ1v) is 10.9. The molecule has 1 N–H and O–H groups in total. The number of carbonyl (C=O) groups is 1. The summed E-state index contributed by atoms with van der Waals surface area (Å²) in [6.45, 7) is 1.86. The van der Waals surface area contributed by atoms with Crippen molar-refractivity contribution in [1.29, 1.82) is 0 Å². The van der Waals surface area contributed by atoms with Gasteiger partial charge in [-0.2, -0.15) is 0 Å². The Hall–Kier alpha value is -2.55. The molecule has 1 atom stereocenters. The van der Waals surface area contributed by atoms with Crippen LogP contribution < -0.4 is 4.74 Å². The van der Waals surface area contributed by atoms with Crippen LogP contribution in [-0.4, -0.2) is 27.7 Å². The van der Waals surface area contributed by atoms with Crippen molar-refractivity contribution in [1.82, 2.24) is 9.55 Å². The number of imidazole rings is 1. The van der Waals surface area contributed by atoms with E-state index >= 15 is 0 Å². The molecule has 0 spiro atoms. The summed E-state index contributed by atoms with van der Waals surface area (Å²) < 4.78 is 13.3. The molecule has 0 saturated heterocycles. The lowest BCUT2D eigenvalue weighted by Crippen LogP contribution is -2.07. The number of aromatic nitrogens is 2. The predicted molar refractivity (Wildman–Crippen MR) is 120 cm³/mol. The minimum Gasteiger partial charge on any atom is -0.507 e. The molecule has 0 aliphatic carbocycles. The normalized spacial score (nSPS) is 12.1. The number of fused-ring (bicyclic) bond motifs is 1. The summed E-state index contributed by atoms with van der Waals surface area (Å²) in [5.74, 6) is -0.0239. The molecule has 9 heteroatoms. The van der Waals surface area contributed by atoms with Gasteiger partial charge in [0.1, 0.15) is 28.9 Å². The fourth-order valence-electron chi connectivity index (χ4n) is 3.08. The van der Waals surface area contributed by atoms with Crippen molar-refractivity contribution in [3.8, 4) is 16.5 Å². The van der Waals surface area contributed by atoms with Crippen molar-refractivity contribution in [2.24, 2.45) is 0 Å². The minimum absolute atomic E-state index is 0.0952. The van der Waals surface area contributed by atoms with Gasteiger partial charge in [-0.1, -0.05) is 29.8 Å². The quantitative estimate of drug-likeness (QED) is 0.329. The number of phenolic OH excluding ortho intramolecular Hbond substituents is 1. The molecule has 0 bridgehead atoms. The highest BCUT2D eigenvalue weighted by Gasteiger charge is 2.23. The van der Waals surface area contributed by atoms with Crippen molar-refractivity contribution < 1.29 is 19.4 Å². The Labute approximate surface area is 189 Å². The Balaban J connectivity index is 1.79. The Morgan fingerprint density at radius 1 is 1.30 bits per heavy atom. The highest BCUT2D eigenvalue weighted by Crippen LogP contribution is 2.39. The minimum atomic E-state index is -0.501. The standard InChI is InChI=1S/C21H16BrClN2O4S/c1-11(12-5-3-4-6-13(12)23)29-16-9-17(30-20(16)21(27)28-2)25-10-24-14-7-8-15(26)18(22)19(14)25/h3-11,26H,1-2H3/t11-/m1/s1. The van der Waals surface area contributed by atoms with Gasteiger partial charge in [-0.05, 0) is 41.1 Å². The first kappa shape index (κ1) is 20.7. The van der Waals surface area contributed by atoms with Gasteiger partial charge in [0.15, 0.2) is 4.88 Å². The molecule has 0 aliphatic heterocycles. The molecular formula is C21H16BrClN2O4S. The molecule has 2 heterocycles. The molecule has 0 aliphatic rings. The van der Waals surface area contributed by atoms with Crippen LogP contribution in [0.3, 0.4) is 0 Å². The number of carbonyl (C=O) groups excluding carboxylic acids is 1. The van der Waals surface area contributed by atoms with E-state index in [-0.39, 0.29) is 11.9 Å². The summed E-state index contributed by atoms with van der Waals surface area (Å²) in [6.07, 6.45) is 1.24. The van der Waals surface area contributed by atoms with E-state index in [4.69, 9.17) is 21.1 Å². The molecule has 0 unspecified atom stereocenters. The van der Waals surface area contributed by atoms with Crippen LogP contribution in [-0.2, 0) is 4.74 Å². The van der Waals surface area contributed by atoms with Crippen LogP contribution in [0.15, 0.2) is 53.3 Å². The van der Waals surface area contributed by atoms with Crippen molar-refractivity contribution in [3.05, 3.63) is 68.7 Å². The van der Waals surface area contributed by atoms with Crippen molar-refractivity contribution in [2.75, 3.05) is 7.11 Å². The van der Waals surface area contributed by atoms with Gasteiger partial charge in [0.2, 0.25) is 0 Å². The number of esters is 1. The monoisotopic (exact) mass is 506 g/mol. The predicted octanol–water partition coefficient (Wildman–Crippen LogP) is 6.14. The largest absolute Gasteiger partial charge is 0.507 e. The Bertz CT molecular complexity index is 1250. The molecule has 0 fully saturated rings. The van der Waals surface area contributed by atoms with Crippen LogP contribution >= 0.6 is 38.9 Å². The molecule has 4 aromatic rings. The third-order valence-corrected chi connectivity index (χ3v) is 6.79. The smallest absolute Gasteiger partial charge is 0.351 e. The number of halogens is 2. The maximum absolute atomic E-state index is 12.4. The fourth-order valence-corrected chi connectivity index (χ4v) is 4.89. The second-order valence-electron chi connectivity index (χ2n) is 6.43. The third kappa shape index (κ3) is 3.66. The number of methoxy groups -OCH3 is 1. The number of aromatic hydroxyl groups is 1. The molecular weight excluding hydrogens is 492 g/mol. The zero-order chi connectivity index (χ0) is 21.4. The van der Waals surface area contributed by atoms with E-state index in [0.717, 1.165) is 5.56 Å². The molecule has 0 radical (unpaired) electrons. The lowest BCUT2D eigenvalue weighted by Gasteiger charge is -2.16. The zero-order valence-electron chi connectivity index (χ0n) is 15.9. The first-order valence-electron chi connectivity index (χ1n) is 8.88. The van der Waals surface area contributed by atoms with Gasteiger partial charge in [-0.3, -0.25) is 4.57 Å². The van der Waals surface area contributed by atoms with Crippen LogP contribution in [0, 0.1) is 0 Å². The SMILES string of the molecule is COC(=O)c1sc(-n2cnc3ccc(O)c(Br)c32)cc1O[C@H](C)c1ccccc1Cl. The summed E-state index contributed by atoms with van der Waals surface area (Å²) in [6, 6.07) is 12.4. The van der Waals surface area contributed by atoms with E-state index in [0.29, 0.717) is 36.2 Å². The number of ether oxygens (including phenoxy) is 2. The highest BCUT2D eigenvalue weighted by molar-refractivity contribution is 9.10. The Morgan fingerprint density at radius 3 is 2.80 bits per heavy atom. The van der Waals surface area contributed by atoms with E-state index < -0.39 is 5.97 Å². The second-order valence-corrected chi connectivity index (χ2v) is 8.66. The summed E-state index contributed by atoms with van der Waals surface area (Å²) in [4.78, 5) is 17.1. The van der Waals surface area contributed by atoms with Gasteiger partial charge in [0.05, 0.1) is 22.6 Å². The van der Waals surface area contributed by atoms with Gasteiger partial charge in [-0.25, -0.2) is 9.78 Å². The average Bonchev–Trinajstić information content (AvgIpc) is 3.35. The average molecular weight is 508 g/mol. The van der Waals surface area contributed by atoms with Gasteiger partial charge in [-0.15, -0.1) is 11.3 Å². The van der Waals surface area contributed by atoms with Gasteiger partial charge in [0, 0.05) is 16.7 Å². The molecule has 30 heavy (non-hydrogen) atoms. The van der Waals surface area contributed by atoms with Crippen molar-refractivity contribution in [3.63, 3.8) is 0 Å². The van der Waals surface area contributed by atoms with Crippen LogP contribution in [0.4, 0.5) is 0 Å². The van der Waals surface area contributed by atoms with Crippen molar-refractivity contribution >= 4 is 55.9 Å². The van der Waals surface area contributed by atoms with E-state index in [1.54, 1.807) is 35.2 Å². The first-order chi connectivity index (χ1) is 14.4. The van der Waals surface area contributed by atoms with Gasteiger partial charge in [0.25, 0.3) is 0 Å². The fraction of sp³-hybridized carbons (Fsp3) is 0.143. The number of benzene rings is 2. The van der Waals surface area contributed by atoms with E-state index in [2.05, 4.69) is 20.9 Å². The lowest BCUT2D eigenvalue weighted by atomic mass is 10.1. The van der Waals surface area contributed by atoms with Crippen LogP contribution in [0.5, 0.6) is 11.5 Å². The number of rotatable bonds is 5. The number of thiophene rings is 1. The van der Waals surface area contributed by atoms with Gasteiger partial charge < -0.3 is 14.6 Å². The van der Waals surface area contributed by atoms with E-state index in [1.807, 2.05) is 25.1 Å². The summed E-state index contributed by atoms with van der Waals surface area (Å²) in [5.41, 5.74) is 2.18. The summed E-state index contributed by atoms with van der Waals surface area (Å²) in [5, 5.41) is 11.3. The topological polar surface area (TPSA) is 73.6 Å². The summed E-state index contributed by atoms with van der Waals surface area (Å²) in [7, 11) is 1.32. The molecule has 154 valence electrons. The van der Waals surface area contributed by atoms with E-state index in [9.17, 15) is 9.90 Å². The Kier molecular flexibility index (Phi) is 5.73. The molecule has 4 rings (SSSR count). The van der Waals surface area contributed by atoms with Crippen molar-refractivity contribution in [2.45, 2.75) is 13.0 Å². The number of phenols is 1. The lowest BCUT2D eigenvalue weighted by molar-refractivity contribution is 0.0600. The number of nitrogens with zero attached hydrogens (tertiary/aromatic N) is 2. The van der Waals surface area contributed by atoms with Crippen LogP contribution in [0.25, 0.3) is 16.0 Å². The summed E-state index contributed by atoms with van der Waals surface area (Å²) >= 11 is 10.9. The number of hydrogen-bond acceptors (Lipinski definition) is 6. The molecule has 0 amide bonds. The van der Waals surface area contributed by atoms with Crippen LogP contribution in [0.1, 0.15) is 28.3 Å². The Morgan fingerprint density at radius 2 is 2.07 bits per heavy atom. The molecule has 0 saturated carbocycles. The maximum atomic E-state index is 12.4. The van der Waals surface area contributed by atoms with Gasteiger partial charge >= 0.3 is 5.97 Å². The number of hydrogen-bond donors (Lipinski definition) is 1. The second kappa shape index (κ2) is 8.29. The highest BCUT2D eigenvalue weighted by atomic mass is 79.9. The van der Waals surface area contributed by atoms with E-state index in [1.165, 1.54) is 18.4 Å². The van der Waals surface area contributed by atoms with Crippen LogP contribution in [0.2, 0.25) is 5.02 Å². The zero-order valence-corrected chi connectivity index (χ0v) is 19.1. The maximum Gasteiger partial charge on any atom is 0.351 e. The molecule has 2 aromatic carbocycles. The molecule has 2 aromatic heterocycles.